The van der Waals surface area contributed by atoms with Gasteiger partial charge in [0.25, 0.3) is 5.56 Å². The third kappa shape index (κ3) is 3.54. The fourth-order valence-corrected chi connectivity index (χ4v) is 2.49. The SMILES string of the molecule is COC(=O)c1[nH]n(-c2ccccc2)c(=O)c1C=Nc1ccccc1C(=O)O. The van der Waals surface area contributed by atoms with Crippen LogP contribution < -0.4 is 5.56 Å². The minimum atomic E-state index is -1.15. The minimum absolute atomic E-state index is 0.0210. The molecule has 0 radical (unpaired) electrons. The predicted molar refractivity (Wildman–Crippen MR) is 98.4 cm³/mol. The average molecular weight is 365 g/mol. The van der Waals surface area contributed by atoms with E-state index in [1.54, 1.807) is 42.5 Å². The lowest BCUT2D eigenvalue weighted by Gasteiger charge is -2.00. The van der Waals surface area contributed by atoms with Crippen molar-refractivity contribution in [1.29, 1.82) is 0 Å². The molecule has 1 aromatic heterocycles. The summed E-state index contributed by atoms with van der Waals surface area (Å²) in [5.74, 6) is -1.89. The number of para-hydroxylation sites is 2. The molecular weight excluding hydrogens is 350 g/mol. The quantitative estimate of drug-likeness (QED) is 0.532. The summed E-state index contributed by atoms with van der Waals surface area (Å²) >= 11 is 0. The van der Waals surface area contributed by atoms with Gasteiger partial charge in [0.05, 0.1) is 29.6 Å². The number of aliphatic imine (C=N–C) groups is 1. The number of H-pyrrole nitrogens is 1. The number of rotatable bonds is 5. The Kier molecular flexibility index (Phi) is 4.98. The van der Waals surface area contributed by atoms with Crippen LogP contribution >= 0.6 is 0 Å². The molecule has 136 valence electrons. The molecule has 2 aromatic carbocycles. The van der Waals surface area contributed by atoms with Gasteiger partial charge in [0.15, 0.2) is 5.69 Å². The van der Waals surface area contributed by atoms with E-state index in [1.807, 2.05) is 0 Å². The smallest absolute Gasteiger partial charge is 0.356 e. The fourth-order valence-electron chi connectivity index (χ4n) is 2.49. The van der Waals surface area contributed by atoms with Crippen molar-refractivity contribution in [2.45, 2.75) is 0 Å². The average Bonchev–Trinajstić information content (AvgIpc) is 3.03. The van der Waals surface area contributed by atoms with E-state index < -0.39 is 17.5 Å². The highest BCUT2D eigenvalue weighted by molar-refractivity contribution is 5.99. The van der Waals surface area contributed by atoms with Crippen molar-refractivity contribution < 1.29 is 19.4 Å². The van der Waals surface area contributed by atoms with Gasteiger partial charge in [-0.1, -0.05) is 30.3 Å². The number of nitrogens with zero attached hydrogens (tertiary/aromatic N) is 2. The standard InChI is InChI=1S/C19H15N3O5/c1-27-19(26)16-14(11-20-15-10-6-5-9-13(15)18(24)25)17(23)22(21-16)12-7-3-2-4-8-12/h2-11,21H,1H3,(H,24,25). The van der Waals surface area contributed by atoms with Crippen LogP contribution in [-0.2, 0) is 4.74 Å². The molecule has 0 spiro atoms. The number of carboxylic acids is 1. The highest BCUT2D eigenvalue weighted by Crippen LogP contribution is 2.18. The molecule has 3 rings (SSSR count). The first-order valence-electron chi connectivity index (χ1n) is 7.88. The molecule has 2 N–H and O–H groups in total. The molecule has 0 atom stereocenters. The molecule has 0 aliphatic heterocycles. The van der Waals surface area contributed by atoms with Crippen molar-refractivity contribution in [3.05, 3.63) is 81.8 Å². The number of carboxylic acid groups (broad SMARTS) is 1. The maximum absolute atomic E-state index is 12.8. The summed E-state index contributed by atoms with van der Waals surface area (Å²) in [5.41, 5.74) is 0.0326. The maximum Gasteiger partial charge on any atom is 0.356 e. The highest BCUT2D eigenvalue weighted by Gasteiger charge is 2.20. The molecule has 1 heterocycles. The Hall–Kier alpha value is -3.94. The third-order valence-corrected chi connectivity index (χ3v) is 3.80. The number of methoxy groups -OCH3 is 1. The highest BCUT2D eigenvalue weighted by atomic mass is 16.5. The number of nitrogens with one attached hydrogen (secondary N) is 1. The van der Waals surface area contributed by atoms with Crippen molar-refractivity contribution in [2.75, 3.05) is 7.11 Å². The zero-order chi connectivity index (χ0) is 19.4. The summed E-state index contributed by atoms with van der Waals surface area (Å²) in [7, 11) is 1.20. The van der Waals surface area contributed by atoms with E-state index in [4.69, 9.17) is 4.74 Å². The lowest BCUT2D eigenvalue weighted by Crippen LogP contribution is -2.17. The molecule has 0 saturated carbocycles. The van der Waals surface area contributed by atoms with Crippen LogP contribution in [0.1, 0.15) is 26.4 Å². The van der Waals surface area contributed by atoms with Crippen LogP contribution in [0.5, 0.6) is 0 Å². The van der Waals surface area contributed by atoms with Crippen LogP contribution in [-0.4, -0.2) is 40.2 Å². The van der Waals surface area contributed by atoms with Gasteiger partial charge in [-0.25, -0.2) is 14.3 Å². The second-order valence-electron chi connectivity index (χ2n) is 5.45. The summed E-state index contributed by atoms with van der Waals surface area (Å²) in [5, 5.41) is 11.9. The van der Waals surface area contributed by atoms with E-state index in [-0.39, 0.29) is 22.5 Å². The van der Waals surface area contributed by atoms with Crippen molar-refractivity contribution in [2.24, 2.45) is 4.99 Å². The lowest BCUT2D eigenvalue weighted by molar-refractivity contribution is 0.0592. The van der Waals surface area contributed by atoms with Gasteiger partial charge in [-0.3, -0.25) is 14.9 Å². The van der Waals surface area contributed by atoms with Crippen LogP contribution in [0.15, 0.2) is 64.4 Å². The van der Waals surface area contributed by atoms with E-state index >= 15 is 0 Å². The predicted octanol–water partition coefficient (Wildman–Crippen LogP) is 2.40. The van der Waals surface area contributed by atoms with Gasteiger partial charge >= 0.3 is 11.9 Å². The first-order chi connectivity index (χ1) is 13.0. The molecule has 0 bridgehead atoms. The fraction of sp³-hybridized carbons (Fsp3) is 0.0526. The van der Waals surface area contributed by atoms with Crippen molar-refractivity contribution in [3.8, 4) is 5.69 Å². The normalized spacial score (nSPS) is 10.9. The first-order valence-corrected chi connectivity index (χ1v) is 7.88. The van der Waals surface area contributed by atoms with Gasteiger partial charge in [0.1, 0.15) is 0 Å². The minimum Gasteiger partial charge on any atom is -0.478 e. The Morgan fingerprint density at radius 3 is 2.44 bits per heavy atom. The Morgan fingerprint density at radius 1 is 1.11 bits per heavy atom. The van der Waals surface area contributed by atoms with E-state index in [1.165, 1.54) is 23.9 Å². The maximum atomic E-state index is 12.8. The van der Waals surface area contributed by atoms with Gasteiger partial charge in [0, 0.05) is 6.21 Å². The summed E-state index contributed by atoms with van der Waals surface area (Å²) in [6.45, 7) is 0. The van der Waals surface area contributed by atoms with Gasteiger partial charge < -0.3 is 9.84 Å². The zero-order valence-electron chi connectivity index (χ0n) is 14.2. The Bertz CT molecular complexity index is 1080. The van der Waals surface area contributed by atoms with Crippen LogP contribution in [0, 0.1) is 0 Å². The van der Waals surface area contributed by atoms with Gasteiger partial charge in [-0.15, -0.1) is 0 Å². The Balaban J connectivity index is 2.13. The van der Waals surface area contributed by atoms with E-state index in [0.717, 1.165) is 6.21 Å². The zero-order valence-corrected chi connectivity index (χ0v) is 14.2. The van der Waals surface area contributed by atoms with Gasteiger partial charge in [-0.05, 0) is 24.3 Å². The third-order valence-electron chi connectivity index (χ3n) is 3.80. The van der Waals surface area contributed by atoms with Crippen LogP contribution in [0.4, 0.5) is 5.69 Å². The number of carbonyl (C=O) groups is 2. The number of ether oxygens (including phenoxy) is 1. The second kappa shape index (κ2) is 7.52. The number of hydrogen-bond donors (Lipinski definition) is 2. The molecule has 0 fully saturated rings. The molecule has 8 nitrogen and oxygen atoms in total. The summed E-state index contributed by atoms with van der Waals surface area (Å²) < 4.78 is 5.91. The number of hydrogen-bond acceptors (Lipinski definition) is 5. The van der Waals surface area contributed by atoms with E-state index in [0.29, 0.717) is 5.69 Å². The monoisotopic (exact) mass is 365 g/mol. The Labute approximate surface area is 153 Å². The molecule has 0 aliphatic carbocycles. The summed E-state index contributed by atoms with van der Waals surface area (Å²) in [6, 6.07) is 14.8. The molecule has 8 heteroatoms. The van der Waals surface area contributed by atoms with Crippen molar-refractivity contribution in [3.63, 3.8) is 0 Å². The van der Waals surface area contributed by atoms with Crippen molar-refractivity contribution in [1.82, 2.24) is 9.78 Å². The molecule has 3 aromatic rings. The van der Waals surface area contributed by atoms with Gasteiger partial charge in [-0.2, -0.15) is 0 Å². The van der Waals surface area contributed by atoms with Gasteiger partial charge in [0.2, 0.25) is 0 Å². The van der Waals surface area contributed by atoms with E-state index in [2.05, 4.69) is 10.1 Å². The first kappa shape index (κ1) is 17.9. The Morgan fingerprint density at radius 2 is 1.78 bits per heavy atom. The number of aromatic amines is 1. The molecule has 0 aliphatic rings. The molecule has 0 unspecified atom stereocenters. The number of esters is 1. The van der Waals surface area contributed by atoms with Crippen LogP contribution in [0.2, 0.25) is 0 Å². The number of aromatic carboxylic acids is 1. The van der Waals surface area contributed by atoms with Crippen LogP contribution in [0.25, 0.3) is 5.69 Å². The number of aromatic nitrogens is 2. The van der Waals surface area contributed by atoms with Crippen LogP contribution in [0.3, 0.4) is 0 Å². The molecular formula is C19H15N3O5. The number of carbonyl (C=O) groups excluding carboxylic acids is 1. The molecule has 0 saturated heterocycles. The lowest BCUT2D eigenvalue weighted by atomic mass is 10.2. The number of benzene rings is 2. The second-order valence-corrected chi connectivity index (χ2v) is 5.45. The van der Waals surface area contributed by atoms with Crippen molar-refractivity contribution >= 4 is 23.8 Å². The summed E-state index contributed by atoms with van der Waals surface area (Å²) in [4.78, 5) is 40.2. The summed E-state index contributed by atoms with van der Waals surface area (Å²) in [6.07, 6.45) is 1.16. The topological polar surface area (TPSA) is 114 Å². The van der Waals surface area contributed by atoms with E-state index in [9.17, 15) is 19.5 Å². The largest absolute Gasteiger partial charge is 0.478 e. The molecule has 27 heavy (non-hydrogen) atoms. The molecule has 0 amide bonds.